The van der Waals surface area contributed by atoms with E-state index in [1.165, 1.54) is 0 Å². The van der Waals surface area contributed by atoms with Gasteiger partial charge in [-0.25, -0.2) is 0 Å². The van der Waals surface area contributed by atoms with Crippen molar-refractivity contribution in [3.63, 3.8) is 0 Å². The minimum Gasteiger partial charge on any atom is -0.455 e. The Labute approximate surface area is 109 Å². The number of furan rings is 1. The predicted molar refractivity (Wildman–Crippen MR) is 76.2 cm³/mol. The van der Waals surface area contributed by atoms with E-state index in [0.717, 1.165) is 37.7 Å². The van der Waals surface area contributed by atoms with Crippen LogP contribution in [0.3, 0.4) is 0 Å². The van der Waals surface area contributed by atoms with Crippen molar-refractivity contribution in [1.29, 1.82) is 0 Å². The summed E-state index contributed by atoms with van der Waals surface area (Å²) in [6, 6.07) is 18.2. The summed E-state index contributed by atoms with van der Waals surface area (Å²) in [6.07, 6.45) is 0. The van der Waals surface area contributed by atoms with Crippen LogP contribution < -0.4 is 0 Å². The van der Waals surface area contributed by atoms with Crippen molar-refractivity contribution in [3.8, 4) is 0 Å². The molecule has 0 bridgehead atoms. The second-order valence-corrected chi connectivity index (χ2v) is 4.84. The third-order valence-corrected chi connectivity index (χ3v) is 3.56. The molecule has 0 amide bonds. The fourth-order valence-corrected chi connectivity index (χ4v) is 2.65. The van der Waals surface area contributed by atoms with E-state index >= 15 is 0 Å². The van der Waals surface area contributed by atoms with Crippen LogP contribution in [0, 0.1) is 0 Å². The van der Waals surface area contributed by atoms with Gasteiger partial charge in [0.25, 0.3) is 0 Å². The highest BCUT2D eigenvalue weighted by Gasteiger charge is 2.09. The second-order valence-electron chi connectivity index (χ2n) is 4.41. The monoisotopic (exact) mass is 252 g/mol. The average molecular weight is 253 g/mol. The molecule has 0 radical (unpaired) electrons. The number of para-hydroxylation sites is 1. The molecule has 0 unspecified atom stereocenters. The maximum atomic E-state index is 6.08. The van der Waals surface area contributed by atoms with Gasteiger partial charge < -0.3 is 4.42 Å². The SMILES string of the molecule is Clc1ccc2ccc3c4ccccc4oc3c2c1. The molecule has 0 atom stereocenters. The molecule has 0 fully saturated rings. The summed E-state index contributed by atoms with van der Waals surface area (Å²) in [7, 11) is 0. The summed E-state index contributed by atoms with van der Waals surface area (Å²) in [5.41, 5.74) is 1.83. The number of hydrogen-bond donors (Lipinski definition) is 0. The average Bonchev–Trinajstić information content (AvgIpc) is 2.78. The first-order valence-electron chi connectivity index (χ1n) is 5.82. The van der Waals surface area contributed by atoms with Gasteiger partial charge in [0.15, 0.2) is 0 Å². The molecule has 0 saturated carbocycles. The van der Waals surface area contributed by atoms with Gasteiger partial charge >= 0.3 is 0 Å². The third kappa shape index (κ3) is 1.28. The number of rotatable bonds is 0. The van der Waals surface area contributed by atoms with Crippen molar-refractivity contribution in [3.05, 3.63) is 59.6 Å². The van der Waals surface area contributed by atoms with Crippen LogP contribution in [-0.2, 0) is 0 Å². The lowest BCUT2D eigenvalue weighted by Gasteiger charge is -1.99. The van der Waals surface area contributed by atoms with Gasteiger partial charge in [-0.2, -0.15) is 0 Å². The van der Waals surface area contributed by atoms with Crippen LogP contribution in [0.2, 0.25) is 5.02 Å². The first-order chi connectivity index (χ1) is 8.83. The Morgan fingerprint density at radius 2 is 1.61 bits per heavy atom. The van der Waals surface area contributed by atoms with Gasteiger partial charge in [0.1, 0.15) is 11.2 Å². The minimum atomic E-state index is 0.732. The molecule has 0 spiro atoms. The van der Waals surface area contributed by atoms with Crippen LogP contribution in [0.1, 0.15) is 0 Å². The highest BCUT2D eigenvalue weighted by atomic mass is 35.5. The molecule has 4 aromatic rings. The molecule has 0 aliphatic carbocycles. The summed E-state index contributed by atoms with van der Waals surface area (Å²) >= 11 is 6.08. The lowest BCUT2D eigenvalue weighted by molar-refractivity contribution is 0.672. The van der Waals surface area contributed by atoms with Gasteiger partial charge in [0.2, 0.25) is 0 Å². The number of hydrogen-bond acceptors (Lipinski definition) is 1. The first kappa shape index (κ1) is 9.98. The smallest absolute Gasteiger partial charge is 0.143 e. The Morgan fingerprint density at radius 3 is 2.56 bits per heavy atom. The van der Waals surface area contributed by atoms with Gasteiger partial charge in [-0.3, -0.25) is 0 Å². The van der Waals surface area contributed by atoms with Crippen molar-refractivity contribution in [1.82, 2.24) is 0 Å². The highest BCUT2D eigenvalue weighted by Crippen LogP contribution is 2.34. The van der Waals surface area contributed by atoms with E-state index < -0.39 is 0 Å². The van der Waals surface area contributed by atoms with Gasteiger partial charge in [-0.1, -0.05) is 41.9 Å². The number of benzene rings is 3. The van der Waals surface area contributed by atoms with Crippen LogP contribution in [-0.4, -0.2) is 0 Å². The summed E-state index contributed by atoms with van der Waals surface area (Å²) in [5.74, 6) is 0. The Morgan fingerprint density at radius 1 is 0.778 bits per heavy atom. The molecule has 0 aliphatic heterocycles. The van der Waals surface area contributed by atoms with E-state index in [0.29, 0.717) is 0 Å². The quantitative estimate of drug-likeness (QED) is 0.409. The molecular weight excluding hydrogens is 244 g/mol. The summed E-state index contributed by atoms with van der Waals surface area (Å²) in [6.45, 7) is 0. The molecule has 1 aromatic heterocycles. The highest BCUT2D eigenvalue weighted by molar-refractivity contribution is 6.32. The van der Waals surface area contributed by atoms with E-state index in [1.54, 1.807) is 0 Å². The molecule has 86 valence electrons. The lowest BCUT2D eigenvalue weighted by Crippen LogP contribution is -1.73. The third-order valence-electron chi connectivity index (χ3n) is 3.32. The first-order valence-corrected chi connectivity index (χ1v) is 6.20. The Bertz CT molecular complexity index is 889. The molecule has 0 aliphatic rings. The molecule has 3 aromatic carbocycles. The van der Waals surface area contributed by atoms with Crippen LogP contribution in [0.5, 0.6) is 0 Å². The number of fused-ring (bicyclic) bond motifs is 5. The summed E-state index contributed by atoms with van der Waals surface area (Å²) < 4.78 is 5.96. The zero-order valence-corrected chi connectivity index (χ0v) is 10.2. The molecular formula is C16H9ClO. The van der Waals surface area contributed by atoms with Gasteiger partial charge in [-0.15, -0.1) is 0 Å². The van der Waals surface area contributed by atoms with Crippen LogP contribution in [0.25, 0.3) is 32.7 Å². The van der Waals surface area contributed by atoms with Gasteiger partial charge in [0.05, 0.1) is 0 Å². The molecule has 4 rings (SSSR count). The zero-order chi connectivity index (χ0) is 12.1. The predicted octanol–water partition coefficient (Wildman–Crippen LogP) is 5.39. The normalized spacial score (nSPS) is 11.6. The largest absolute Gasteiger partial charge is 0.455 e. The second kappa shape index (κ2) is 3.50. The van der Waals surface area contributed by atoms with E-state index in [2.05, 4.69) is 18.2 Å². The van der Waals surface area contributed by atoms with Crippen molar-refractivity contribution < 1.29 is 4.42 Å². The molecule has 0 N–H and O–H groups in total. The van der Waals surface area contributed by atoms with E-state index in [-0.39, 0.29) is 0 Å². The topological polar surface area (TPSA) is 13.1 Å². The molecule has 1 nitrogen and oxygen atoms in total. The Kier molecular flexibility index (Phi) is 1.94. The van der Waals surface area contributed by atoms with Crippen molar-refractivity contribution >= 4 is 44.3 Å². The zero-order valence-electron chi connectivity index (χ0n) is 9.48. The maximum Gasteiger partial charge on any atom is 0.143 e. The molecule has 1 heterocycles. The maximum absolute atomic E-state index is 6.08. The fourth-order valence-electron chi connectivity index (χ4n) is 2.47. The standard InChI is InChI=1S/C16H9ClO/c17-11-7-5-10-6-8-13-12-3-1-2-4-15(12)18-16(13)14(10)9-11/h1-9H. The van der Waals surface area contributed by atoms with Crippen LogP contribution >= 0.6 is 11.6 Å². The molecule has 0 saturated heterocycles. The summed E-state index contributed by atoms with van der Waals surface area (Å²) in [5, 5.41) is 5.23. The Hall–Kier alpha value is -1.99. The van der Waals surface area contributed by atoms with E-state index in [1.807, 2.05) is 36.4 Å². The minimum absolute atomic E-state index is 0.732. The summed E-state index contributed by atoms with van der Waals surface area (Å²) in [4.78, 5) is 0. The molecule has 2 heteroatoms. The van der Waals surface area contributed by atoms with Crippen molar-refractivity contribution in [2.45, 2.75) is 0 Å². The van der Waals surface area contributed by atoms with Gasteiger partial charge in [0, 0.05) is 21.2 Å². The van der Waals surface area contributed by atoms with Crippen molar-refractivity contribution in [2.75, 3.05) is 0 Å². The number of halogens is 1. The fraction of sp³-hybridized carbons (Fsp3) is 0. The Balaban J connectivity index is 2.31. The van der Waals surface area contributed by atoms with Crippen LogP contribution in [0.4, 0.5) is 0 Å². The lowest BCUT2D eigenvalue weighted by atomic mass is 10.1. The van der Waals surface area contributed by atoms with E-state index in [4.69, 9.17) is 16.0 Å². The van der Waals surface area contributed by atoms with E-state index in [9.17, 15) is 0 Å². The molecule has 18 heavy (non-hydrogen) atoms. The van der Waals surface area contributed by atoms with Gasteiger partial charge in [-0.05, 0) is 29.7 Å². The van der Waals surface area contributed by atoms with Crippen LogP contribution in [0.15, 0.2) is 59.0 Å². The van der Waals surface area contributed by atoms with Crippen molar-refractivity contribution in [2.24, 2.45) is 0 Å².